The van der Waals surface area contributed by atoms with Gasteiger partial charge in [-0.25, -0.2) is 0 Å². The van der Waals surface area contributed by atoms with E-state index in [1.165, 1.54) is 6.08 Å². The normalized spacial score (nSPS) is 12.0. The van der Waals surface area contributed by atoms with Crippen LogP contribution in [0.1, 0.15) is 24.2 Å². The molecule has 1 N–H and O–H groups in total. The Hall–Kier alpha value is -2.39. The second-order valence-electron chi connectivity index (χ2n) is 5.21. The first-order valence-electron chi connectivity index (χ1n) is 6.73. The zero-order valence-electron chi connectivity index (χ0n) is 12.1. The van der Waals surface area contributed by atoms with Crippen LogP contribution in [0.15, 0.2) is 72.5 Å². The lowest BCUT2D eigenvalue weighted by molar-refractivity contribution is 0.0753. The van der Waals surface area contributed by atoms with Crippen molar-refractivity contribution in [3.8, 4) is 5.75 Å². The van der Waals surface area contributed by atoms with E-state index in [9.17, 15) is 9.90 Å². The van der Waals surface area contributed by atoms with Crippen molar-refractivity contribution in [1.29, 1.82) is 0 Å². The van der Waals surface area contributed by atoms with Gasteiger partial charge < -0.3 is 9.84 Å². The number of benzene rings is 2. The van der Waals surface area contributed by atoms with Crippen LogP contribution in [-0.2, 0) is 0 Å². The quantitative estimate of drug-likeness (QED) is 0.518. The molecule has 108 valence electrons. The summed E-state index contributed by atoms with van der Waals surface area (Å²) in [5.41, 5.74) is -0.698. The molecule has 2 rings (SSSR count). The molecule has 2 aromatic rings. The van der Waals surface area contributed by atoms with Crippen molar-refractivity contribution in [2.24, 2.45) is 0 Å². The lowest BCUT2D eigenvalue weighted by Crippen LogP contribution is -2.26. The van der Waals surface area contributed by atoms with Gasteiger partial charge in [0.1, 0.15) is 17.1 Å². The van der Waals surface area contributed by atoms with Crippen molar-refractivity contribution in [2.45, 2.75) is 19.4 Å². The predicted octanol–water partition coefficient (Wildman–Crippen LogP) is 3.60. The zero-order chi connectivity index (χ0) is 15.3. The van der Waals surface area contributed by atoms with E-state index in [2.05, 4.69) is 0 Å². The summed E-state index contributed by atoms with van der Waals surface area (Å²) in [6.07, 6.45) is 1.34. The predicted molar refractivity (Wildman–Crippen MR) is 82.2 cm³/mol. The maximum atomic E-state index is 12.2. The topological polar surface area (TPSA) is 46.5 Å². The molecular formula is C18H18O3. The minimum absolute atomic E-state index is 0.205. The maximum absolute atomic E-state index is 12.2. The molecule has 2 aromatic carbocycles. The van der Waals surface area contributed by atoms with Crippen LogP contribution in [0.5, 0.6) is 5.75 Å². The van der Waals surface area contributed by atoms with Crippen molar-refractivity contribution in [3.05, 3.63) is 78.1 Å². The highest BCUT2D eigenvalue weighted by Gasteiger charge is 2.23. The van der Waals surface area contributed by atoms with Gasteiger partial charge in [-0.1, -0.05) is 48.5 Å². The summed E-state index contributed by atoms with van der Waals surface area (Å²) >= 11 is 0. The Balaban J connectivity index is 2.28. The monoisotopic (exact) mass is 282 g/mol. The molecule has 0 unspecified atom stereocenters. The lowest BCUT2D eigenvalue weighted by Gasteiger charge is -2.21. The van der Waals surface area contributed by atoms with Crippen LogP contribution in [0, 0.1) is 0 Å². The molecule has 0 heterocycles. The van der Waals surface area contributed by atoms with Gasteiger partial charge in [0.25, 0.3) is 0 Å². The molecule has 0 aliphatic rings. The summed E-state index contributed by atoms with van der Waals surface area (Å²) in [4.78, 5) is 12.2. The number of carbonyl (C=O) groups is 1. The SMILES string of the molecule is CC(C)(O)C(=CC(=O)c1ccccc1)Oc1ccccc1. The first-order chi connectivity index (χ1) is 9.97. The van der Waals surface area contributed by atoms with E-state index < -0.39 is 5.60 Å². The minimum atomic E-state index is -1.25. The van der Waals surface area contributed by atoms with Crippen LogP contribution >= 0.6 is 0 Å². The number of carbonyl (C=O) groups excluding carboxylic acids is 1. The van der Waals surface area contributed by atoms with Gasteiger partial charge in [-0.2, -0.15) is 0 Å². The van der Waals surface area contributed by atoms with Gasteiger partial charge in [0.05, 0.1) is 0 Å². The van der Waals surface area contributed by atoms with Crippen molar-refractivity contribution in [3.63, 3.8) is 0 Å². The molecule has 21 heavy (non-hydrogen) atoms. The van der Waals surface area contributed by atoms with Gasteiger partial charge in [-0.3, -0.25) is 4.79 Å². The van der Waals surface area contributed by atoms with E-state index in [0.717, 1.165) is 0 Å². The van der Waals surface area contributed by atoms with E-state index in [1.54, 1.807) is 50.2 Å². The summed E-state index contributed by atoms with van der Waals surface area (Å²) in [6, 6.07) is 18.0. The molecule has 3 nitrogen and oxygen atoms in total. The minimum Gasteiger partial charge on any atom is -0.459 e. The molecule has 0 spiro atoms. The average molecular weight is 282 g/mol. The number of para-hydroxylation sites is 1. The van der Waals surface area contributed by atoms with E-state index >= 15 is 0 Å². The Labute approximate surface area is 124 Å². The summed E-state index contributed by atoms with van der Waals surface area (Å²) < 4.78 is 5.66. The third-order valence-electron chi connectivity index (χ3n) is 2.89. The van der Waals surface area contributed by atoms with Crippen LogP contribution in [0.3, 0.4) is 0 Å². The first kappa shape index (κ1) is 15.0. The molecule has 0 fully saturated rings. The van der Waals surface area contributed by atoms with Gasteiger partial charge in [-0.05, 0) is 26.0 Å². The number of allylic oxidation sites excluding steroid dienone is 1. The summed E-state index contributed by atoms with van der Waals surface area (Å²) in [5.74, 6) is 0.581. The molecular weight excluding hydrogens is 264 g/mol. The van der Waals surface area contributed by atoms with Crippen molar-refractivity contribution < 1.29 is 14.6 Å². The van der Waals surface area contributed by atoms with Gasteiger partial charge >= 0.3 is 0 Å². The molecule has 0 saturated heterocycles. The van der Waals surface area contributed by atoms with Crippen molar-refractivity contribution >= 4 is 5.78 Å². The maximum Gasteiger partial charge on any atom is 0.189 e. The van der Waals surface area contributed by atoms with E-state index in [1.807, 2.05) is 24.3 Å². The number of rotatable bonds is 5. The largest absolute Gasteiger partial charge is 0.459 e. The van der Waals surface area contributed by atoms with Gasteiger partial charge in [0.15, 0.2) is 5.78 Å². The second kappa shape index (κ2) is 6.37. The number of ketones is 1. The number of hydrogen-bond acceptors (Lipinski definition) is 3. The Kier molecular flexibility index (Phi) is 4.55. The van der Waals surface area contributed by atoms with E-state index in [0.29, 0.717) is 11.3 Å². The molecule has 0 radical (unpaired) electrons. The van der Waals surface area contributed by atoms with E-state index in [-0.39, 0.29) is 11.5 Å². The first-order valence-corrected chi connectivity index (χ1v) is 6.73. The Bertz CT molecular complexity index is 623. The highest BCUT2D eigenvalue weighted by Crippen LogP contribution is 2.22. The Morgan fingerprint density at radius 1 is 1.00 bits per heavy atom. The van der Waals surface area contributed by atoms with Gasteiger partial charge in [0, 0.05) is 11.6 Å². The van der Waals surface area contributed by atoms with Crippen molar-refractivity contribution in [2.75, 3.05) is 0 Å². The van der Waals surface area contributed by atoms with Gasteiger partial charge in [-0.15, -0.1) is 0 Å². The lowest BCUT2D eigenvalue weighted by atomic mass is 10.0. The molecule has 0 aromatic heterocycles. The second-order valence-corrected chi connectivity index (χ2v) is 5.21. The molecule has 0 amide bonds. The summed E-state index contributed by atoms with van der Waals surface area (Å²) in [6.45, 7) is 3.17. The molecule has 0 saturated carbocycles. The number of aliphatic hydroxyl groups is 1. The highest BCUT2D eigenvalue weighted by atomic mass is 16.5. The molecule has 0 aliphatic carbocycles. The fraction of sp³-hybridized carbons (Fsp3) is 0.167. The zero-order valence-corrected chi connectivity index (χ0v) is 12.1. The fourth-order valence-corrected chi connectivity index (χ4v) is 1.75. The number of ether oxygens (including phenoxy) is 1. The molecule has 0 bridgehead atoms. The van der Waals surface area contributed by atoms with Crippen LogP contribution in [0.4, 0.5) is 0 Å². The van der Waals surface area contributed by atoms with Crippen LogP contribution in [0.25, 0.3) is 0 Å². The number of hydrogen-bond donors (Lipinski definition) is 1. The third-order valence-corrected chi connectivity index (χ3v) is 2.89. The Morgan fingerprint density at radius 3 is 2.05 bits per heavy atom. The Morgan fingerprint density at radius 2 is 1.52 bits per heavy atom. The smallest absolute Gasteiger partial charge is 0.189 e. The van der Waals surface area contributed by atoms with Crippen LogP contribution < -0.4 is 4.74 Å². The summed E-state index contributed by atoms with van der Waals surface area (Å²) in [7, 11) is 0. The molecule has 3 heteroatoms. The summed E-state index contributed by atoms with van der Waals surface area (Å²) in [5, 5.41) is 10.2. The van der Waals surface area contributed by atoms with Crippen LogP contribution in [-0.4, -0.2) is 16.5 Å². The average Bonchev–Trinajstić information content (AvgIpc) is 2.47. The van der Waals surface area contributed by atoms with Crippen LogP contribution in [0.2, 0.25) is 0 Å². The fourth-order valence-electron chi connectivity index (χ4n) is 1.75. The van der Waals surface area contributed by atoms with E-state index in [4.69, 9.17) is 4.74 Å². The highest BCUT2D eigenvalue weighted by molar-refractivity contribution is 6.04. The molecule has 0 aliphatic heterocycles. The molecule has 0 atom stereocenters. The van der Waals surface area contributed by atoms with Crippen molar-refractivity contribution in [1.82, 2.24) is 0 Å². The standard InChI is InChI=1S/C18H18O3/c1-18(2,20)17(21-15-11-7-4-8-12-15)13-16(19)14-9-5-3-6-10-14/h3-13,20H,1-2H3. The van der Waals surface area contributed by atoms with Gasteiger partial charge in [0.2, 0.25) is 0 Å². The third kappa shape index (κ3) is 4.29.